The van der Waals surface area contributed by atoms with E-state index >= 15 is 0 Å². The van der Waals surface area contributed by atoms with Gasteiger partial charge in [-0.05, 0) is 43.1 Å². The summed E-state index contributed by atoms with van der Waals surface area (Å²) >= 11 is 18.0. The Morgan fingerprint density at radius 1 is 1.27 bits per heavy atom. The molecular formula is C20H30Cl3NO4SSi. The van der Waals surface area contributed by atoms with Crippen LogP contribution in [0.4, 0.5) is 4.79 Å². The largest absolute Gasteiger partial charge is 0.508 e. The maximum Gasteiger partial charge on any atom is 0.508 e. The molecule has 5 nitrogen and oxygen atoms in total. The van der Waals surface area contributed by atoms with Crippen molar-refractivity contribution in [2.45, 2.75) is 68.8 Å². The minimum Gasteiger partial charge on any atom is -0.430 e. The molecule has 1 heterocycles. The Morgan fingerprint density at radius 2 is 1.90 bits per heavy atom. The highest BCUT2D eigenvalue weighted by atomic mass is 35.6. The van der Waals surface area contributed by atoms with Gasteiger partial charge in [-0.1, -0.05) is 61.7 Å². The number of ether oxygens (including phenoxy) is 2. The van der Waals surface area contributed by atoms with Gasteiger partial charge in [-0.3, -0.25) is 0 Å². The predicted molar refractivity (Wildman–Crippen MR) is 129 cm³/mol. The number of nitrogens with zero attached hydrogens (tertiary/aromatic N) is 1. The van der Waals surface area contributed by atoms with Crippen LogP contribution in [-0.2, 0) is 20.5 Å². The third kappa shape index (κ3) is 9.70. The molecule has 0 aliphatic carbocycles. The zero-order chi connectivity index (χ0) is 22.8. The van der Waals surface area contributed by atoms with E-state index in [1.165, 1.54) is 11.3 Å². The molecule has 1 aromatic rings. The number of alkyl halides is 3. The maximum atomic E-state index is 11.5. The van der Waals surface area contributed by atoms with Crippen molar-refractivity contribution < 1.29 is 18.7 Å². The van der Waals surface area contributed by atoms with E-state index in [1.807, 2.05) is 17.5 Å². The molecule has 10 heteroatoms. The van der Waals surface area contributed by atoms with Gasteiger partial charge in [-0.2, -0.15) is 0 Å². The van der Waals surface area contributed by atoms with E-state index in [0.717, 1.165) is 35.8 Å². The average Bonchev–Trinajstić information content (AvgIpc) is 3.15. The summed E-state index contributed by atoms with van der Waals surface area (Å²) in [5.74, 6) is 0. The van der Waals surface area contributed by atoms with Crippen molar-refractivity contribution in [1.29, 1.82) is 0 Å². The highest BCUT2D eigenvalue weighted by Crippen LogP contribution is 2.28. The Hall–Kier alpha value is -0.573. The summed E-state index contributed by atoms with van der Waals surface area (Å²) in [4.78, 5) is 16.0. The monoisotopic (exact) mass is 513 g/mol. The first kappa shape index (κ1) is 27.5. The van der Waals surface area contributed by atoms with Crippen molar-refractivity contribution in [3.8, 4) is 0 Å². The van der Waals surface area contributed by atoms with E-state index in [2.05, 4.69) is 39.3 Å². The lowest BCUT2D eigenvalue weighted by Crippen LogP contribution is -2.40. The van der Waals surface area contributed by atoms with Gasteiger partial charge in [0, 0.05) is 5.38 Å². The second-order valence-corrected chi connectivity index (χ2v) is 15.1. The number of hydrogen-bond acceptors (Lipinski definition) is 6. The van der Waals surface area contributed by atoms with Gasteiger partial charge in [0.15, 0.2) is 8.32 Å². The van der Waals surface area contributed by atoms with Crippen molar-refractivity contribution in [1.82, 2.24) is 4.98 Å². The van der Waals surface area contributed by atoms with Crippen molar-refractivity contribution in [3.05, 3.63) is 34.3 Å². The molecule has 0 aliphatic rings. The summed E-state index contributed by atoms with van der Waals surface area (Å²) in [6.07, 6.45) is 3.74. The van der Waals surface area contributed by atoms with Crippen molar-refractivity contribution in [3.63, 3.8) is 0 Å². The van der Waals surface area contributed by atoms with E-state index < -0.39 is 18.3 Å². The number of carbonyl (C=O) groups excluding carboxylic acids is 1. The van der Waals surface area contributed by atoms with E-state index in [-0.39, 0.29) is 19.3 Å². The third-order valence-electron chi connectivity index (χ3n) is 4.83. The molecule has 0 spiro atoms. The van der Waals surface area contributed by atoms with Gasteiger partial charge in [0.25, 0.3) is 0 Å². The molecule has 1 rings (SSSR count). The normalized spacial score (nSPS) is 13.8. The van der Waals surface area contributed by atoms with Crippen LogP contribution in [0.15, 0.2) is 23.6 Å². The minimum atomic E-state index is -1.75. The van der Waals surface area contributed by atoms with E-state index in [4.69, 9.17) is 48.7 Å². The lowest BCUT2D eigenvalue weighted by molar-refractivity contribution is 0.0511. The molecule has 1 atom stereocenters. The summed E-state index contributed by atoms with van der Waals surface area (Å²) in [5, 5.41) is 2.55. The summed E-state index contributed by atoms with van der Waals surface area (Å²) in [5.41, 5.74) is 1.89. The second-order valence-electron chi connectivity index (χ2n) is 6.87. The van der Waals surface area contributed by atoms with Crippen molar-refractivity contribution >= 4 is 66.7 Å². The van der Waals surface area contributed by atoms with Gasteiger partial charge in [-0.15, -0.1) is 17.9 Å². The van der Waals surface area contributed by atoms with Gasteiger partial charge < -0.3 is 13.9 Å². The molecule has 0 saturated carbocycles. The third-order valence-corrected chi connectivity index (χ3v) is 10.6. The van der Waals surface area contributed by atoms with Crippen LogP contribution in [-0.4, -0.2) is 36.0 Å². The Labute approximate surface area is 199 Å². The smallest absolute Gasteiger partial charge is 0.430 e. The lowest BCUT2D eigenvalue weighted by atomic mass is 10.1. The van der Waals surface area contributed by atoms with Crippen LogP contribution in [0.25, 0.3) is 6.08 Å². The van der Waals surface area contributed by atoms with Gasteiger partial charge in [0.2, 0.25) is 3.79 Å². The molecule has 0 bridgehead atoms. The SMILES string of the molecule is C=CC[C@H](O[Si](CC)(CC)CC)/C(C)=C/c1csc(COC(=O)OCC(Cl)(Cl)Cl)n1. The van der Waals surface area contributed by atoms with Gasteiger partial charge in [-0.25, -0.2) is 9.78 Å². The standard InChI is InChI=1S/C20H30Cl3NO4SSi/c1-6-10-17(28-30(7-2,8-3)9-4)15(5)11-16-13-29-18(24-16)12-26-19(25)27-14-20(21,22)23/h6,11,13,17H,1,7-10,12,14H2,2-5H3/b15-11+/t17-/m0/s1. The molecule has 30 heavy (non-hydrogen) atoms. The van der Waals surface area contributed by atoms with Crippen LogP contribution in [0, 0.1) is 0 Å². The second kappa shape index (κ2) is 13.1. The fraction of sp³-hybridized carbons (Fsp3) is 0.600. The first-order chi connectivity index (χ1) is 14.1. The van der Waals surface area contributed by atoms with Crippen LogP contribution in [0.5, 0.6) is 0 Å². The molecule has 0 aliphatic heterocycles. The zero-order valence-electron chi connectivity index (χ0n) is 17.9. The topological polar surface area (TPSA) is 57.7 Å². The molecule has 0 N–H and O–H groups in total. The predicted octanol–water partition coefficient (Wildman–Crippen LogP) is 7.54. The first-order valence-electron chi connectivity index (χ1n) is 9.85. The number of rotatable bonds is 12. The molecule has 1 aromatic heterocycles. The minimum absolute atomic E-state index is 0.00711. The Kier molecular flexibility index (Phi) is 12.0. The summed E-state index contributed by atoms with van der Waals surface area (Å²) in [7, 11) is -1.75. The number of halogens is 3. The van der Waals surface area contributed by atoms with Gasteiger partial charge in [0.05, 0.1) is 11.8 Å². The number of thiazole rings is 1. The van der Waals surface area contributed by atoms with Crippen LogP contribution < -0.4 is 0 Å². The van der Waals surface area contributed by atoms with Gasteiger partial charge >= 0.3 is 6.16 Å². The van der Waals surface area contributed by atoms with Crippen LogP contribution in [0.3, 0.4) is 0 Å². The molecule has 0 amide bonds. The highest BCUT2D eigenvalue weighted by molar-refractivity contribution is 7.09. The Balaban J connectivity index is 2.76. The highest BCUT2D eigenvalue weighted by Gasteiger charge is 2.32. The van der Waals surface area contributed by atoms with Crippen LogP contribution in [0.1, 0.15) is 44.8 Å². The average molecular weight is 515 g/mol. The first-order valence-corrected chi connectivity index (χ1v) is 14.4. The van der Waals surface area contributed by atoms with E-state index in [0.29, 0.717) is 5.01 Å². The summed E-state index contributed by atoms with van der Waals surface area (Å²) in [6.45, 7) is 12.2. The molecule has 0 fully saturated rings. The lowest BCUT2D eigenvalue weighted by Gasteiger charge is -2.33. The summed E-state index contributed by atoms with van der Waals surface area (Å²) < 4.78 is 14.7. The Bertz CT molecular complexity index is 709. The van der Waals surface area contributed by atoms with Crippen LogP contribution in [0.2, 0.25) is 18.1 Å². The fourth-order valence-corrected chi connectivity index (χ4v) is 6.58. The molecular weight excluding hydrogens is 485 g/mol. The van der Waals surface area contributed by atoms with Crippen molar-refractivity contribution in [2.24, 2.45) is 0 Å². The fourth-order valence-electron chi connectivity index (χ4n) is 2.87. The Morgan fingerprint density at radius 3 is 2.43 bits per heavy atom. The number of aromatic nitrogens is 1. The maximum absolute atomic E-state index is 11.5. The molecule has 0 saturated heterocycles. The van der Waals surface area contributed by atoms with Crippen LogP contribution >= 0.6 is 46.1 Å². The molecule has 0 unspecified atom stereocenters. The quantitative estimate of drug-likeness (QED) is 0.125. The summed E-state index contributed by atoms with van der Waals surface area (Å²) in [6, 6.07) is 3.27. The zero-order valence-corrected chi connectivity index (χ0v) is 22.0. The molecule has 0 radical (unpaired) electrons. The number of carbonyl (C=O) groups is 1. The number of hydrogen-bond donors (Lipinski definition) is 0. The van der Waals surface area contributed by atoms with Gasteiger partial charge in [0.1, 0.15) is 18.2 Å². The van der Waals surface area contributed by atoms with Crippen molar-refractivity contribution in [2.75, 3.05) is 6.61 Å². The molecule has 170 valence electrons. The molecule has 0 aromatic carbocycles. The van der Waals surface area contributed by atoms with E-state index in [9.17, 15) is 4.79 Å². The van der Waals surface area contributed by atoms with E-state index in [1.54, 1.807) is 0 Å².